The molecule has 2 aromatic carbocycles. The summed E-state index contributed by atoms with van der Waals surface area (Å²) >= 11 is 0. The second-order valence-electron chi connectivity index (χ2n) is 7.08. The van der Waals surface area contributed by atoms with E-state index in [0.29, 0.717) is 41.3 Å². The second kappa shape index (κ2) is 7.61. The summed E-state index contributed by atoms with van der Waals surface area (Å²) in [6, 6.07) is 12.6. The smallest absolute Gasteiger partial charge is 0.258 e. The molecule has 0 aliphatic carbocycles. The van der Waals surface area contributed by atoms with Gasteiger partial charge in [-0.1, -0.05) is 26.0 Å². The summed E-state index contributed by atoms with van der Waals surface area (Å²) in [6.45, 7) is 5.79. The Balaban J connectivity index is 1.62. The number of aromatic nitrogens is 2. The first-order valence-electron chi connectivity index (χ1n) is 9.80. The van der Waals surface area contributed by atoms with Crippen LogP contribution < -0.4 is 10.5 Å². The standard InChI is InChI=1S/C21H24N4O3S/c1-3-25(4-2)29(27,28)16-9-10-19-15(13-16)11-12-24(19)14-20-22-18-8-6-5-7-17(18)21(26)23-20/h5-10,13H,3-4,11-12,14H2,1-2H3,(H,22,23,26). The number of anilines is 1. The summed E-state index contributed by atoms with van der Waals surface area (Å²) in [5, 5.41) is 0.573. The number of nitrogens with zero attached hydrogens (tertiary/aromatic N) is 3. The molecule has 4 rings (SSSR count). The maximum absolute atomic E-state index is 12.8. The highest BCUT2D eigenvalue weighted by molar-refractivity contribution is 7.89. The fourth-order valence-electron chi connectivity index (χ4n) is 3.87. The van der Waals surface area contributed by atoms with E-state index >= 15 is 0 Å². The number of sulfonamides is 1. The Morgan fingerprint density at radius 3 is 2.66 bits per heavy atom. The minimum atomic E-state index is -3.47. The Morgan fingerprint density at radius 2 is 1.90 bits per heavy atom. The lowest BCUT2D eigenvalue weighted by molar-refractivity contribution is 0.445. The van der Waals surface area contributed by atoms with E-state index in [4.69, 9.17) is 0 Å². The average molecular weight is 413 g/mol. The molecular formula is C21H24N4O3S. The topological polar surface area (TPSA) is 86.4 Å². The van der Waals surface area contributed by atoms with Crippen molar-refractivity contribution in [3.63, 3.8) is 0 Å². The van der Waals surface area contributed by atoms with E-state index in [2.05, 4.69) is 14.9 Å². The molecule has 0 bridgehead atoms. The molecule has 0 fully saturated rings. The van der Waals surface area contributed by atoms with Gasteiger partial charge in [0.05, 0.1) is 22.3 Å². The van der Waals surface area contributed by atoms with Gasteiger partial charge < -0.3 is 9.88 Å². The normalized spacial score (nSPS) is 14.0. The maximum atomic E-state index is 12.8. The van der Waals surface area contributed by atoms with Crippen molar-refractivity contribution < 1.29 is 8.42 Å². The quantitative estimate of drug-likeness (QED) is 0.672. The summed E-state index contributed by atoms with van der Waals surface area (Å²) in [4.78, 5) is 22.2. The molecule has 0 radical (unpaired) electrons. The molecule has 8 heteroatoms. The van der Waals surface area contributed by atoms with Gasteiger partial charge in [-0.15, -0.1) is 0 Å². The zero-order chi connectivity index (χ0) is 20.6. The molecule has 1 aliphatic rings. The lowest BCUT2D eigenvalue weighted by atomic mass is 10.2. The third-order valence-corrected chi connectivity index (χ3v) is 7.43. The summed E-state index contributed by atoms with van der Waals surface area (Å²) < 4.78 is 27.0. The van der Waals surface area contributed by atoms with E-state index in [0.717, 1.165) is 24.2 Å². The van der Waals surface area contributed by atoms with E-state index in [1.54, 1.807) is 18.2 Å². The van der Waals surface area contributed by atoms with E-state index in [1.807, 2.05) is 38.1 Å². The lowest BCUT2D eigenvalue weighted by Gasteiger charge is -2.21. The van der Waals surface area contributed by atoms with Crippen molar-refractivity contribution >= 4 is 26.6 Å². The first kappa shape index (κ1) is 19.6. The number of benzene rings is 2. The van der Waals surface area contributed by atoms with Crippen molar-refractivity contribution in [3.8, 4) is 0 Å². The molecule has 1 N–H and O–H groups in total. The van der Waals surface area contributed by atoms with E-state index in [-0.39, 0.29) is 5.56 Å². The molecule has 1 aromatic heterocycles. The Morgan fingerprint density at radius 1 is 1.14 bits per heavy atom. The third kappa shape index (κ3) is 3.54. The van der Waals surface area contributed by atoms with Gasteiger partial charge in [0.15, 0.2) is 0 Å². The van der Waals surface area contributed by atoms with Crippen LogP contribution in [0.25, 0.3) is 10.9 Å². The summed E-state index contributed by atoms with van der Waals surface area (Å²) in [5.41, 5.74) is 2.51. The van der Waals surface area contributed by atoms with Gasteiger partial charge in [0, 0.05) is 25.3 Å². The van der Waals surface area contributed by atoms with E-state index < -0.39 is 10.0 Å². The fraction of sp³-hybridized carbons (Fsp3) is 0.333. The van der Waals surface area contributed by atoms with Crippen LogP contribution in [0, 0.1) is 0 Å². The summed E-state index contributed by atoms with van der Waals surface area (Å²) in [7, 11) is -3.47. The minimum absolute atomic E-state index is 0.148. The first-order chi connectivity index (χ1) is 13.9. The van der Waals surface area contributed by atoms with Gasteiger partial charge in [0.1, 0.15) is 5.82 Å². The van der Waals surface area contributed by atoms with Crippen molar-refractivity contribution in [2.24, 2.45) is 0 Å². The molecule has 3 aromatic rings. The molecule has 2 heterocycles. The molecule has 0 unspecified atom stereocenters. The van der Waals surface area contributed by atoms with Gasteiger partial charge in [0.2, 0.25) is 10.0 Å². The van der Waals surface area contributed by atoms with Gasteiger partial charge in [-0.2, -0.15) is 4.31 Å². The average Bonchev–Trinajstić information content (AvgIpc) is 3.11. The second-order valence-corrected chi connectivity index (χ2v) is 9.02. The van der Waals surface area contributed by atoms with Crippen molar-refractivity contribution in [1.29, 1.82) is 0 Å². The van der Waals surface area contributed by atoms with Gasteiger partial charge in [-0.3, -0.25) is 4.79 Å². The van der Waals surface area contributed by atoms with Crippen molar-refractivity contribution in [3.05, 3.63) is 64.2 Å². The molecule has 0 saturated carbocycles. The molecule has 1 aliphatic heterocycles. The number of rotatable bonds is 6. The van der Waals surface area contributed by atoms with Crippen LogP contribution in [-0.2, 0) is 23.0 Å². The Hall–Kier alpha value is -2.71. The monoisotopic (exact) mass is 412 g/mol. The zero-order valence-corrected chi connectivity index (χ0v) is 17.4. The molecule has 0 spiro atoms. The van der Waals surface area contributed by atoms with Gasteiger partial charge >= 0.3 is 0 Å². The molecule has 29 heavy (non-hydrogen) atoms. The molecule has 0 atom stereocenters. The van der Waals surface area contributed by atoms with Crippen LogP contribution in [0.5, 0.6) is 0 Å². The zero-order valence-electron chi connectivity index (χ0n) is 16.6. The van der Waals surface area contributed by atoms with E-state index in [1.165, 1.54) is 4.31 Å². The highest BCUT2D eigenvalue weighted by atomic mass is 32.2. The molecule has 152 valence electrons. The molecule has 0 amide bonds. The largest absolute Gasteiger partial charge is 0.364 e. The minimum Gasteiger partial charge on any atom is -0.364 e. The SMILES string of the molecule is CCN(CC)S(=O)(=O)c1ccc2c(c1)CCN2Cc1nc2ccccc2c(=O)[nH]1. The number of para-hydroxylation sites is 1. The first-order valence-corrected chi connectivity index (χ1v) is 11.2. The van der Waals surface area contributed by atoms with Crippen LogP contribution in [0.4, 0.5) is 5.69 Å². The van der Waals surface area contributed by atoms with Crippen LogP contribution >= 0.6 is 0 Å². The van der Waals surface area contributed by atoms with Crippen LogP contribution in [0.3, 0.4) is 0 Å². The number of hydrogen-bond acceptors (Lipinski definition) is 5. The van der Waals surface area contributed by atoms with Crippen LogP contribution in [0.15, 0.2) is 52.2 Å². The summed E-state index contributed by atoms with van der Waals surface area (Å²) in [5.74, 6) is 0.599. The van der Waals surface area contributed by atoms with Crippen molar-refractivity contribution in [2.75, 3.05) is 24.5 Å². The highest BCUT2D eigenvalue weighted by Gasteiger charge is 2.26. The third-order valence-electron chi connectivity index (χ3n) is 5.39. The van der Waals surface area contributed by atoms with Crippen LogP contribution in [0.1, 0.15) is 25.2 Å². The van der Waals surface area contributed by atoms with Crippen molar-refractivity contribution in [2.45, 2.75) is 31.7 Å². The van der Waals surface area contributed by atoms with Crippen LogP contribution in [-0.4, -0.2) is 42.3 Å². The predicted molar refractivity (Wildman–Crippen MR) is 114 cm³/mol. The van der Waals surface area contributed by atoms with Gasteiger partial charge in [-0.05, 0) is 42.3 Å². The summed E-state index contributed by atoms with van der Waals surface area (Å²) in [6.07, 6.45) is 0.759. The number of hydrogen-bond donors (Lipinski definition) is 1. The number of aromatic amines is 1. The number of H-pyrrole nitrogens is 1. The van der Waals surface area contributed by atoms with Gasteiger partial charge in [-0.25, -0.2) is 13.4 Å². The maximum Gasteiger partial charge on any atom is 0.258 e. The Kier molecular flexibility index (Phi) is 5.14. The van der Waals surface area contributed by atoms with Crippen molar-refractivity contribution in [1.82, 2.24) is 14.3 Å². The molecule has 0 saturated heterocycles. The van der Waals surface area contributed by atoms with Gasteiger partial charge in [0.25, 0.3) is 5.56 Å². The van der Waals surface area contributed by atoms with Crippen LogP contribution in [0.2, 0.25) is 0 Å². The van der Waals surface area contributed by atoms with E-state index in [9.17, 15) is 13.2 Å². The molecular weight excluding hydrogens is 388 g/mol. The lowest BCUT2D eigenvalue weighted by Crippen LogP contribution is -2.30. The Bertz CT molecular complexity index is 1220. The number of fused-ring (bicyclic) bond motifs is 2. The fourth-order valence-corrected chi connectivity index (χ4v) is 5.38. The number of nitrogens with one attached hydrogen (secondary N) is 1. The predicted octanol–water partition coefficient (Wildman–Crippen LogP) is 2.52. The Labute approximate surface area is 170 Å². The molecule has 7 nitrogen and oxygen atoms in total. The highest BCUT2D eigenvalue weighted by Crippen LogP contribution is 2.31.